The molecule has 2 saturated heterocycles. The van der Waals surface area contributed by atoms with Gasteiger partial charge in [-0.15, -0.1) is 0 Å². The first-order valence-electron chi connectivity index (χ1n) is 27.0. The number of hydrogen-bond donors (Lipinski definition) is 16. The van der Waals surface area contributed by atoms with Gasteiger partial charge in [0.1, 0.15) is 54.1 Å². The lowest BCUT2D eigenvalue weighted by Gasteiger charge is -2.31. The molecule has 4 rings (SSSR count). The predicted octanol–water partition coefficient (Wildman–Crippen LogP) is -6.98. The van der Waals surface area contributed by atoms with Crippen LogP contribution in [0.1, 0.15) is 62.5 Å². The van der Waals surface area contributed by atoms with Gasteiger partial charge in [0.2, 0.25) is 82.7 Å². The zero-order valence-corrected chi connectivity index (χ0v) is 48.0. The highest BCUT2D eigenvalue weighted by atomic mass is 33.1. The number of carbonyl (C=O) groups excluding carboxylic acids is 14. The molecule has 1 unspecified atom stereocenters. The highest BCUT2D eigenvalue weighted by Crippen LogP contribution is 2.26. The van der Waals surface area contributed by atoms with Crippen molar-refractivity contribution in [3.8, 4) is 5.75 Å². The van der Waals surface area contributed by atoms with Crippen molar-refractivity contribution in [2.24, 2.45) is 28.7 Å². The molecule has 0 bridgehead atoms. The minimum atomic E-state index is -1.87. The van der Waals surface area contributed by atoms with Crippen LogP contribution in [0.2, 0.25) is 0 Å². The topological polar surface area (TPSA) is 513 Å². The molecule has 0 radical (unpaired) electrons. The van der Waals surface area contributed by atoms with Crippen molar-refractivity contribution in [1.29, 1.82) is 0 Å². The minimum absolute atomic E-state index is 0.0517. The molecule has 0 aliphatic carbocycles. The van der Waals surface area contributed by atoms with Gasteiger partial charge in [-0.25, -0.2) is 0 Å². The Morgan fingerprint density at radius 3 is 1.82 bits per heavy atom. The number of likely N-dealkylation sites (tertiary alicyclic amines) is 1. The molecule has 31 nitrogen and oxygen atoms in total. The number of hydrogen-bond acceptors (Lipinski definition) is 19. The summed E-state index contributed by atoms with van der Waals surface area (Å²) in [6.07, 6.45) is -1.13. The number of aromatic hydroxyl groups is 1. The third kappa shape index (κ3) is 24.3. The van der Waals surface area contributed by atoms with E-state index in [-0.39, 0.29) is 56.7 Å². The van der Waals surface area contributed by atoms with Crippen LogP contribution in [0.4, 0.5) is 0 Å². The first kappa shape index (κ1) is 68.9. The average molecular weight is 1230 g/mol. The van der Waals surface area contributed by atoms with Crippen LogP contribution >= 0.6 is 21.6 Å². The molecular formula is C52H74N16O15S2. The Bertz CT molecular complexity index is 2730. The van der Waals surface area contributed by atoms with Gasteiger partial charge in [-0.05, 0) is 68.3 Å². The lowest BCUT2D eigenvalue weighted by Crippen LogP contribution is -2.61. The van der Waals surface area contributed by atoms with Crippen LogP contribution in [-0.4, -0.2) is 192 Å². The number of nitrogens with one attached hydrogen (secondary N) is 10. The number of amides is 14. The molecule has 2 aromatic carbocycles. The summed E-state index contributed by atoms with van der Waals surface area (Å²) in [6, 6.07) is 1.48. The monoisotopic (exact) mass is 1230 g/mol. The maximum atomic E-state index is 14.8. The van der Waals surface area contributed by atoms with E-state index in [0.717, 1.165) is 26.5 Å². The fraction of sp³-hybridized carbons (Fsp3) is 0.500. The van der Waals surface area contributed by atoms with E-state index < -0.39 is 182 Å². The molecule has 2 fully saturated rings. The van der Waals surface area contributed by atoms with Crippen molar-refractivity contribution in [3.05, 3.63) is 65.7 Å². The average Bonchev–Trinajstić information content (AvgIpc) is 4.23. The molecular weight excluding hydrogens is 1150 g/mol. The van der Waals surface area contributed by atoms with Gasteiger partial charge in [-0.3, -0.25) is 67.1 Å². The molecule has 85 heavy (non-hydrogen) atoms. The van der Waals surface area contributed by atoms with Crippen LogP contribution in [0.5, 0.6) is 5.75 Å². The number of nitrogens with two attached hydrogens (primary N) is 5. The zero-order valence-electron chi connectivity index (χ0n) is 46.4. The Kier molecular flexibility index (Phi) is 28.8. The number of phenolic OH excluding ortho intramolecular Hbond substituents is 1. The summed E-state index contributed by atoms with van der Waals surface area (Å²) in [5.74, 6) is -13.8. The second-order valence-corrected chi connectivity index (χ2v) is 22.3. The fourth-order valence-corrected chi connectivity index (χ4v) is 10.9. The second kappa shape index (κ2) is 35.5. The molecule has 8 atom stereocenters. The molecule has 2 heterocycles. The standard InChI is InChI=1S/C52H74N16O15S2/c53-17-5-4-9-31(45(76)60-23-41(57)72)63-51(82)38-10-6-18-68(38)52(83)37-27-85-84-26-36(61-44(75)25-59-43(74)24-58-42(73)22-54)50(81)65-34(20-29-11-13-30(69)14-12-29)48(79)64-33(19-28-7-2-1-3-8-28)47(78)62-32(15-16-39(55)70)46(77)66-35(21-40(56)71)49(80)67-37/h1-3,7-8,11-14,31-38,69H,4-6,9-10,15-27,53-54H2,(H2,55,70)(H2,56,71)(H2,57,72)(H,58,73)(H,59,74)(H,60,76)(H,61,75)(H,62,78)(H,63,82)(H,64,79)(H,65,81)(H,66,77)(H,67,80)/t31?,32-,33-,34-,35-,36-,37-,38-/m0/s1. The number of benzene rings is 2. The third-order valence-corrected chi connectivity index (χ3v) is 15.4. The second-order valence-electron chi connectivity index (χ2n) is 19.7. The summed E-state index contributed by atoms with van der Waals surface area (Å²) in [6.45, 7) is -2.01. The summed E-state index contributed by atoms with van der Waals surface area (Å²) < 4.78 is 0. The molecule has 21 N–H and O–H groups in total. The van der Waals surface area contributed by atoms with E-state index in [9.17, 15) is 72.2 Å². The SMILES string of the molecule is NCCCCC(NC(=O)[C@@H]1CCCN1C(=O)[C@@H]1CSSC[C@H](NC(=O)CNC(=O)CNC(=O)CN)C(=O)N[C@@H](Cc2ccc(O)cc2)C(=O)N[C@@H](Cc2ccccc2)C(=O)N[C@@H](CCC(N)=O)C(=O)N[C@@H](CC(N)=O)C(=O)N1)C(=O)NCC(N)=O. The highest BCUT2D eigenvalue weighted by molar-refractivity contribution is 8.76. The number of primary amides is 3. The maximum Gasteiger partial charge on any atom is 0.246 e. The molecule has 0 aromatic heterocycles. The maximum absolute atomic E-state index is 14.8. The Balaban J connectivity index is 1.81. The van der Waals surface area contributed by atoms with Crippen molar-refractivity contribution in [3.63, 3.8) is 0 Å². The van der Waals surface area contributed by atoms with Crippen molar-refractivity contribution < 1.29 is 72.2 Å². The molecule has 2 aliphatic rings. The molecule has 2 aromatic rings. The number of unbranched alkanes of at least 4 members (excludes halogenated alkanes) is 1. The van der Waals surface area contributed by atoms with E-state index >= 15 is 0 Å². The lowest BCUT2D eigenvalue weighted by molar-refractivity contribution is -0.142. The zero-order chi connectivity index (χ0) is 62.6. The molecule has 14 amide bonds. The van der Waals surface area contributed by atoms with Gasteiger partial charge in [-0.2, -0.15) is 0 Å². The predicted molar refractivity (Wildman–Crippen MR) is 308 cm³/mol. The number of nitrogens with zero attached hydrogens (tertiary/aromatic N) is 1. The number of rotatable bonds is 25. The lowest BCUT2D eigenvalue weighted by atomic mass is 10.0. The largest absolute Gasteiger partial charge is 0.508 e. The summed E-state index contributed by atoms with van der Waals surface area (Å²) in [5, 5.41) is 34.8. The fourth-order valence-electron chi connectivity index (χ4n) is 8.62. The summed E-state index contributed by atoms with van der Waals surface area (Å²) in [7, 11) is 1.73. The molecule has 2 aliphatic heterocycles. The summed E-state index contributed by atoms with van der Waals surface area (Å²) >= 11 is 0. The van der Waals surface area contributed by atoms with Crippen molar-refractivity contribution in [2.45, 2.75) is 113 Å². The van der Waals surface area contributed by atoms with Gasteiger partial charge >= 0.3 is 0 Å². The normalized spacial score (nSPS) is 21.2. The highest BCUT2D eigenvalue weighted by Gasteiger charge is 2.41. The molecule has 0 saturated carbocycles. The summed E-state index contributed by atoms with van der Waals surface area (Å²) in [4.78, 5) is 190. The van der Waals surface area contributed by atoms with Gasteiger partial charge < -0.3 is 91.8 Å². The van der Waals surface area contributed by atoms with E-state index in [0.29, 0.717) is 24.0 Å². The van der Waals surface area contributed by atoms with Crippen LogP contribution < -0.4 is 81.8 Å². The van der Waals surface area contributed by atoms with Crippen LogP contribution in [0.25, 0.3) is 0 Å². The van der Waals surface area contributed by atoms with Gasteiger partial charge in [0.25, 0.3) is 0 Å². The van der Waals surface area contributed by atoms with E-state index in [1.807, 2.05) is 0 Å². The van der Waals surface area contributed by atoms with Crippen LogP contribution in [0.15, 0.2) is 54.6 Å². The van der Waals surface area contributed by atoms with Gasteiger partial charge in [0.05, 0.1) is 32.6 Å². The number of phenols is 1. The Hall–Kier alpha value is -8.56. The quantitative estimate of drug-likeness (QED) is 0.0324. The van der Waals surface area contributed by atoms with E-state index in [1.54, 1.807) is 30.3 Å². The van der Waals surface area contributed by atoms with Crippen LogP contribution in [0, 0.1) is 0 Å². The molecule has 33 heteroatoms. The Morgan fingerprint density at radius 1 is 0.624 bits per heavy atom. The Morgan fingerprint density at radius 2 is 1.20 bits per heavy atom. The van der Waals surface area contributed by atoms with Crippen molar-refractivity contribution in [2.75, 3.05) is 50.8 Å². The van der Waals surface area contributed by atoms with Gasteiger partial charge in [-0.1, -0.05) is 64.1 Å². The first-order chi connectivity index (χ1) is 40.5. The molecule has 0 spiro atoms. The van der Waals surface area contributed by atoms with Gasteiger partial charge in [0.15, 0.2) is 0 Å². The first-order valence-corrected chi connectivity index (χ1v) is 29.5. The van der Waals surface area contributed by atoms with Crippen molar-refractivity contribution >= 4 is 104 Å². The minimum Gasteiger partial charge on any atom is -0.508 e. The van der Waals surface area contributed by atoms with E-state index in [1.165, 1.54) is 24.3 Å². The van der Waals surface area contributed by atoms with Crippen LogP contribution in [0.3, 0.4) is 0 Å². The smallest absolute Gasteiger partial charge is 0.246 e. The van der Waals surface area contributed by atoms with E-state index in [4.69, 9.17) is 28.7 Å². The van der Waals surface area contributed by atoms with Crippen molar-refractivity contribution in [1.82, 2.24) is 58.1 Å². The van der Waals surface area contributed by atoms with E-state index in [2.05, 4.69) is 53.2 Å². The number of carbonyl (C=O) groups is 14. The molecule has 464 valence electrons. The van der Waals surface area contributed by atoms with Gasteiger partial charge in [0, 0.05) is 37.3 Å². The summed E-state index contributed by atoms with van der Waals surface area (Å²) in [5.41, 5.74) is 28.1. The third-order valence-electron chi connectivity index (χ3n) is 13.0. The van der Waals surface area contributed by atoms with Crippen LogP contribution in [-0.2, 0) is 80.0 Å². The Labute approximate surface area is 496 Å².